The highest BCUT2D eigenvalue weighted by Crippen LogP contribution is 2.38. The zero-order valence-corrected chi connectivity index (χ0v) is 17.6. The zero-order valence-electron chi connectivity index (χ0n) is 17.6. The molecular weight excluding hydrogens is 425 g/mol. The second-order valence-electron chi connectivity index (χ2n) is 6.74. The third-order valence-corrected chi connectivity index (χ3v) is 4.48. The van der Waals surface area contributed by atoms with Crippen LogP contribution < -0.4 is 5.32 Å². The SMILES string of the molecule is CCOC(Cn1cc(C(=O)Nc2ccc(-c3ccccc3)c(C(F)(F)F)c2)nn1)OCC. The molecule has 0 atom stereocenters. The number of aromatic nitrogens is 3. The van der Waals surface area contributed by atoms with Crippen molar-refractivity contribution in [3.63, 3.8) is 0 Å². The molecule has 0 spiro atoms. The number of rotatable bonds is 9. The number of halogens is 3. The molecule has 170 valence electrons. The van der Waals surface area contributed by atoms with Gasteiger partial charge in [-0.05, 0) is 37.1 Å². The number of benzene rings is 2. The van der Waals surface area contributed by atoms with Gasteiger partial charge in [0.1, 0.15) is 0 Å². The van der Waals surface area contributed by atoms with E-state index in [1.54, 1.807) is 30.3 Å². The van der Waals surface area contributed by atoms with Crippen molar-refractivity contribution < 1.29 is 27.4 Å². The highest BCUT2D eigenvalue weighted by molar-refractivity contribution is 6.02. The van der Waals surface area contributed by atoms with Crippen molar-refractivity contribution >= 4 is 11.6 Å². The summed E-state index contributed by atoms with van der Waals surface area (Å²) in [6.07, 6.45) is -3.77. The van der Waals surface area contributed by atoms with Crippen molar-refractivity contribution in [2.45, 2.75) is 32.9 Å². The summed E-state index contributed by atoms with van der Waals surface area (Å²) in [6, 6.07) is 11.9. The molecule has 0 aliphatic heterocycles. The molecule has 0 radical (unpaired) electrons. The quantitative estimate of drug-likeness (QED) is 0.484. The van der Waals surface area contributed by atoms with Gasteiger partial charge in [0.05, 0.1) is 18.3 Å². The molecule has 10 heteroatoms. The van der Waals surface area contributed by atoms with E-state index in [4.69, 9.17) is 9.47 Å². The predicted octanol–water partition coefficient (Wildman–Crippen LogP) is 4.62. The van der Waals surface area contributed by atoms with Gasteiger partial charge >= 0.3 is 6.18 Å². The maximum absolute atomic E-state index is 13.7. The molecular formula is C22H23F3N4O3. The monoisotopic (exact) mass is 448 g/mol. The van der Waals surface area contributed by atoms with Crippen LogP contribution in [0, 0.1) is 0 Å². The molecule has 32 heavy (non-hydrogen) atoms. The van der Waals surface area contributed by atoms with Gasteiger partial charge in [-0.25, -0.2) is 4.68 Å². The van der Waals surface area contributed by atoms with E-state index in [0.29, 0.717) is 18.8 Å². The third-order valence-electron chi connectivity index (χ3n) is 4.48. The van der Waals surface area contributed by atoms with E-state index < -0.39 is 23.9 Å². The standard InChI is InChI=1S/C22H23F3N4O3/c1-3-31-20(32-4-2)14-29-13-19(27-28-29)21(30)26-16-10-11-17(15-8-6-5-7-9-15)18(12-16)22(23,24)25/h5-13,20H,3-4,14H2,1-2H3,(H,26,30). The Balaban J connectivity index is 1.77. The van der Waals surface area contributed by atoms with Gasteiger partial charge in [-0.3, -0.25) is 4.79 Å². The number of amides is 1. The van der Waals surface area contributed by atoms with Crippen LogP contribution >= 0.6 is 0 Å². The summed E-state index contributed by atoms with van der Waals surface area (Å²) < 4.78 is 53.2. The van der Waals surface area contributed by atoms with Crippen LogP contribution in [0.5, 0.6) is 0 Å². The van der Waals surface area contributed by atoms with E-state index in [1.165, 1.54) is 23.0 Å². The minimum Gasteiger partial charge on any atom is -0.351 e. The van der Waals surface area contributed by atoms with Crippen LogP contribution in [0.2, 0.25) is 0 Å². The first-order chi connectivity index (χ1) is 15.3. The Hall–Kier alpha value is -3.24. The zero-order chi connectivity index (χ0) is 23.1. The molecule has 7 nitrogen and oxygen atoms in total. The Kier molecular flexibility index (Phi) is 7.60. The van der Waals surface area contributed by atoms with Crippen molar-refractivity contribution in [1.29, 1.82) is 0 Å². The fourth-order valence-corrected chi connectivity index (χ4v) is 3.09. The van der Waals surface area contributed by atoms with Crippen LogP contribution in [0.4, 0.5) is 18.9 Å². The predicted molar refractivity (Wildman–Crippen MR) is 112 cm³/mol. The van der Waals surface area contributed by atoms with E-state index in [9.17, 15) is 18.0 Å². The van der Waals surface area contributed by atoms with Crippen LogP contribution in [-0.2, 0) is 22.2 Å². The summed E-state index contributed by atoms with van der Waals surface area (Å²) in [4.78, 5) is 12.5. The molecule has 0 aliphatic rings. The summed E-state index contributed by atoms with van der Waals surface area (Å²) in [7, 11) is 0. The van der Waals surface area contributed by atoms with Gasteiger partial charge < -0.3 is 14.8 Å². The highest BCUT2D eigenvalue weighted by Gasteiger charge is 2.34. The van der Waals surface area contributed by atoms with Gasteiger partial charge in [0.15, 0.2) is 12.0 Å². The summed E-state index contributed by atoms with van der Waals surface area (Å²) >= 11 is 0. The highest BCUT2D eigenvalue weighted by atomic mass is 19.4. The first kappa shape index (κ1) is 23.4. The number of alkyl halides is 3. The molecule has 1 aromatic heterocycles. The maximum atomic E-state index is 13.7. The number of hydrogen-bond acceptors (Lipinski definition) is 5. The number of nitrogens with one attached hydrogen (secondary N) is 1. The van der Waals surface area contributed by atoms with Gasteiger partial charge in [0.25, 0.3) is 5.91 Å². The number of nitrogens with zero attached hydrogens (tertiary/aromatic N) is 3. The fourth-order valence-electron chi connectivity index (χ4n) is 3.09. The molecule has 1 heterocycles. The Morgan fingerprint density at radius 2 is 1.78 bits per heavy atom. The largest absolute Gasteiger partial charge is 0.417 e. The molecule has 0 bridgehead atoms. The lowest BCUT2D eigenvalue weighted by molar-refractivity contribution is -0.145. The minimum atomic E-state index is -4.59. The first-order valence-corrected chi connectivity index (χ1v) is 10.0. The molecule has 3 rings (SSSR count). The average molecular weight is 448 g/mol. The number of hydrogen-bond donors (Lipinski definition) is 1. The molecule has 0 fully saturated rings. The van der Waals surface area contributed by atoms with Crippen molar-refractivity contribution in [1.82, 2.24) is 15.0 Å². The van der Waals surface area contributed by atoms with E-state index in [1.807, 2.05) is 13.8 Å². The lowest BCUT2D eigenvalue weighted by atomic mass is 9.98. The number of carbonyl (C=O) groups excluding carboxylic acids is 1. The van der Waals surface area contributed by atoms with Gasteiger partial charge in [0.2, 0.25) is 0 Å². The van der Waals surface area contributed by atoms with E-state index in [0.717, 1.165) is 6.07 Å². The number of anilines is 1. The van der Waals surface area contributed by atoms with Crippen molar-refractivity contribution in [2.24, 2.45) is 0 Å². The minimum absolute atomic E-state index is 0.00179. The Morgan fingerprint density at radius 1 is 1.09 bits per heavy atom. The fraction of sp³-hybridized carbons (Fsp3) is 0.318. The topological polar surface area (TPSA) is 78.3 Å². The Bertz CT molecular complexity index is 1030. The van der Waals surface area contributed by atoms with E-state index >= 15 is 0 Å². The van der Waals surface area contributed by atoms with Crippen molar-refractivity contribution in [2.75, 3.05) is 18.5 Å². The molecule has 0 saturated carbocycles. The number of ether oxygens (including phenoxy) is 2. The molecule has 1 N–H and O–H groups in total. The Labute approximate surface area is 183 Å². The molecule has 3 aromatic rings. The lowest BCUT2D eigenvalue weighted by Gasteiger charge is -2.16. The average Bonchev–Trinajstić information content (AvgIpc) is 3.23. The van der Waals surface area contributed by atoms with E-state index in [-0.39, 0.29) is 23.5 Å². The van der Waals surface area contributed by atoms with Crippen LogP contribution in [-0.4, -0.2) is 40.4 Å². The van der Waals surface area contributed by atoms with Crippen LogP contribution in [0.1, 0.15) is 29.9 Å². The lowest BCUT2D eigenvalue weighted by Crippen LogP contribution is -2.24. The maximum Gasteiger partial charge on any atom is 0.417 e. The van der Waals surface area contributed by atoms with Crippen LogP contribution in [0.3, 0.4) is 0 Å². The van der Waals surface area contributed by atoms with Crippen LogP contribution in [0.25, 0.3) is 11.1 Å². The van der Waals surface area contributed by atoms with Crippen molar-refractivity contribution in [3.05, 3.63) is 66.0 Å². The summed E-state index contributed by atoms with van der Waals surface area (Å²) in [5.74, 6) is -0.679. The van der Waals surface area contributed by atoms with Gasteiger partial charge in [-0.15, -0.1) is 5.10 Å². The second kappa shape index (κ2) is 10.4. The van der Waals surface area contributed by atoms with E-state index in [2.05, 4.69) is 15.6 Å². The van der Waals surface area contributed by atoms with Crippen LogP contribution in [0.15, 0.2) is 54.7 Å². The molecule has 0 saturated heterocycles. The first-order valence-electron chi connectivity index (χ1n) is 10.0. The summed E-state index contributed by atoms with van der Waals surface area (Å²) in [5, 5.41) is 10.1. The van der Waals surface area contributed by atoms with Crippen molar-refractivity contribution in [3.8, 4) is 11.1 Å². The normalized spacial score (nSPS) is 11.7. The number of carbonyl (C=O) groups is 1. The van der Waals surface area contributed by atoms with Gasteiger partial charge in [-0.1, -0.05) is 41.6 Å². The smallest absolute Gasteiger partial charge is 0.351 e. The molecule has 1 amide bonds. The molecule has 0 aliphatic carbocycles. The summed E-state index contributed by atoms with van der Waals surface area (Å²) in [6.45, 7) is 4.74. The Morgan fingerprint density at radius 3 is 2.41 bits per heavy atom. The second-order valence-corrected chi connectivity index (χ2v) is 6.74. The molecule has 0 unspecified atom stereocenters. The van der Waals surface area contributed by atoms with Gasteiger partial charge in [0, 0.05) is 18.9 Å². The third kappa shape index (κ3) is 5.92. The molecule has 2 aromatic carbocycles. The van der Waals surface area contributed by atoms with Gasteiger partial charge in [-0.2, -0.15) is 13.2 Å². The summed E-state index contributed by atoms with van der Waals surface area (Å²) in [5.41, 5.74) is -0.435.